The molecule has 5 rings (SSSR count). The molecule has 0 aliphatic carbocycles. The summed E-state index contributed by atoms with van der Waals surface area (Å²) in [5.41, 5.74) is 4.04. The highest BCUT2D eigenvalue weighted by Crippen LogP contribution is 2.41. The monoisotopic (exact) mass is 860 g/mol. The molecule has 0 saturated carbocycles. The average Bonchev–Trinajstić information content (AvgIpc) is 3.34. The van der Waals surface area contributed by atoms with Gasteiger partial charge in [0.05, 0.1) is 51.3 Å². The van der Waals surface area contributed by atoms with Crippen LogP contribution in [-0.2, 0) is 66.2 Å². The van der Waals surface area contributed by atoms with Gasteiger partial charge in [0.2, 0.25) is 0 Å². The normalized spacial score (nSPS) is 15.3. The van der Waals surface area contributed by atoms with Gasteiger partial charge in [0.15, 0.2) is 0 Å². The minimum atomic E-state index is -0.954. The maximum Gasteiger partial charge on any atom is 0.330 e. The van der Waals surface area contributed by atoms with Crippen molar-refractivity contribution in [2.24, 2.45) is 17.8 Å². The van der Waals surface area contributed by atoms with Crippen LogP contribution in [0.5, 0.6) is 0 Å². The predicted molar refractivity (Wildman–Crippen MR) is 243 cm³/mol. The summed E-state index contributed by atoms with van der Waals surface area (Å²) in [6, 6.07) is 50.6. The molecule has 0 spiro atoms. The van der Waals surface area contributed by atoms with Crippen molar-refractivity contribution >= 4 is 5.97 Å². The zero-order valence-corrected chi connectivity index (χ0v) is 37.5. The quantitative estimate of drug-likeness (QED) is 0.0159. The highest BCUT2D eigenvalue weighted by molar-refractivity contribution is 5.81. The van der Waals surface area contributed by atoms with Gasteiger partial charge in [-0.3, -0.25) is 0 Å². The molecule has 0 aromatic heterocycles. The smallest absolute Gasteiger partial charge is 0.330 e. The fourth-order valence-corrected chi connectivity index (χ4v) is 8.05. The zero-order chi connectivity index (χ0) is 44.7. The molecule has 0 bridgehead atoms. The number of hydrogen-bond acceptors (Lipinski definition) is 10. The molecule has 336 valence electrons. The summed E-state index contributed by atoms with van der Waals surface area (Å²) in [5.74, 6) is -1.44. The van der Waals surface area contributed by atoms with Crippen LogP contribution in [0.4, 0.5) is 0 Å². The molecular weight excluding hydrogens is 797 g/mol. The van der Waals surface area contributed by atoms with Crippen LogP contribution in [0.1, 0.15) is 48.6 Å². The molecule has 0 saturated heterocycles. The minimum absolute atomic E-state index is 0.0118. The lowest BCUT2D eigenvalue weighted by Crippen LogP contribution is -2.48. The van der Waals surface area contributed by atoms with E-state index < -0.39 is 36.0 Å². The van der Waals surface area contributed by atoms with E-state index in [-0.39, 0.29) is 44.7 Å². The third kappa shape index (κ3) is 14.2. The van der Waals surface area contributed by atoms with E-state index in [0.29, 0.717) is 13.2 Å². The number of methoxy groups -OCH3 is 3. The van der Waals surface area contributed by atoms with Gasteiger partial charge in [0, 0.05) is 38.0 Å². The highest BCUT2D eigenvalue weighted by Gasteiger charge is 2.42. The van der Waals surface area contributed by atoms with Crippen LogP contribution in [0.25, 0.3) is 0 Å². The van der Waals surface area contributed by atoms with Gasteiger partial charge in [-0.2, -0.15) is 0 Å². The van der Waals surface area contributed by atoms with Crippen molar-refractivity contribution in [1.82, 2.24) is 0 Å². The molecule has 0 aliphatic rings. The van der Waals surface area contributed by atoms with Gasteiger partial charge >= 0.3 is 5.97 Å². The Labute approximate surface area is 374 Å². The van der Waals surface area contributed by atoms with Crippen molar-refractivity contribution in [3.8, 4) is 0 Å². The van der Waals surface area contributed by atoms with Crippen molar-refractivity contribution in [1.29, 1.82) is 0 Å². The molecule has 0 radical (unpaired) electrons. The van der Waals surface area contributed by atoms with E-state index in [4.69, 9.17) is 42.6 Å². The molecule has 0 heterocycles. The van der Waals surface area contributed by atoms with Crippen LogP contribution in [0.3, 0.4) is 0 Å². The number of ether oxygens (including phenoxy) is 9. The number of hydrogen-bond donors (Lipinski definition) is 0. The Balaban J connectivity index is 1.45. The zero-order valence-electron chi connectivity index (χ0n) is 37.5. The molecule has 0 unspecified atom stereocenters. The molecule has 0 amide bonds. The summed E-state index contributed by atoms with van der Waals surface area (Å²) in [5, 5.41) is 0. The number of rotatable bonds is 28. The van der Waals surface area contributed by atoms with E-state index in [2.05, 4.69) is 50.2 Å². The van der Waals surface area contributed by atoms with E-state index >= 15 is 0 Å². The van der Waals surface area contributed by atoms with Gasteiger partial charge in [0.1, 0.15) is 26.0 Å². The van der Waals surface area contributed by atoms with Gasteiger partial charge in [-0.05, 0) is 33.9 Å². The molecule has 10 heteroatoms. The van der Waals surface area contributed by atoms with Crippen molar-refractivity contribution in [3.63, 3.8) is 0 Å². The van der Waals surface area contributed by atoms with Crippen molar-refractivity contribution in [2.75, 3.05) is 48.3 Å². The first-order valence-electron chi connectivity index (χ1n) is 21.5. The van der Waals surface area contributed by atoms with E-state index in [1.54, 1.807) is 20.3 Å². The molecule has 0 aliphatic heterocycles. The second kappa shape index (κ2) is 26.6. The Morgan fingerprint density at radius 3 is 1.41 bits per heavy atom. The molecule has 7 atom stereocenters. The lowest BCUT2D eigenvalue weighted by Gasteiger charge is -2.41. The van der Waals surface area contributed by atoms with E-state index in [0.717, 1.165) is 27.8 Å². The molecule has 0 fully saturated rings. The van der Waals surface area contributed by atoms with Crippen LogP contribution in [0.2, 0.25) is 0 Å². The summed E-state index contributed by atoms with van der Waals surface area (Å²) in [6.45, 7) is 7.11. The number of carbonyl (C=O) groups excluding carboxylic acids is 1. The topological polar surface area (TPSA) is 100 Å². The summed E-state index contributed by atoms with van der Waals surface area (Å²) in [7, 11) is 4.64. The summed E-state index contributed by atoms with van der Waals surface area (Å²) in [6.07, 6.45) is 0.940. The summed E-state index contributed by atoms with van der Waals surface area (Å²) < 4.78 is 55.8. The predicted octanol–water partition coefficient (Wildman–Crippen LogP) is 9.76. The number of benzene rings is 5. The van der Waals surface area contributed by atoms with Crippen molar-refractivity contribution < 1.29 is 47.4 Å². The van der Waals surface area contributed by atoms with E-state index in [9.17, 15) is 4.79 Å². The third-order valence-corrected chi connectivity index (χ3v) is 11.4. The van der Waals surface area contributed by atoms with E-state index in [1.165, 1.54) is 13.2 Å². The molecule has 5 aromatic rings. The standard InChI is InChI=1S/C53H64O10/c1-40(48(32-33-50(54)57-6)60-38-58-34-43-22-12-7-13-23-43)51(62-39-59-35-44-24-14-8-15-25-44)42(3)52(61-37-55-4)41(2)49(56-5)36-63-53(45-26-16-9-17-27-45,46-28-18-10-19-29-46)47-30-20-11-21-31-47/h7-33,40-42,48-49,51-52H,34-39H2,1-6H3/b33-32+/t40-,41-,42-,48+,49+,51-,52-/m1/s1. The molecular formula is C53H64O10. The third-order valence-electron chi connectivity index (χ3n) is 11.4. The molecule has 0 N–H and O–H groups in total. The SMILES string of the molecule is COCO[C@@H]([C@H](C)[C@H](OCOCc1ccccc1)[C@H](C)[C@H](/C=C/C(=O)OC)OCOCc1ccccc1)[C@H](C)[C@H](COC(c1ccccc1)(c1ccccc1)c1ccccc1)OC. The largest absolute Gasteiger partial charge is 0.466 e. The first-order valence-corrected chi connectivity index (χ1v) is 21.5. The van der Waals surface area contributed by atoms with Gasteiger partial charge in [-0.1, -0.05) is 172 Å². The van der Waals surface area contributed by atoms with Crippen LogP contribution >= 0.6 is 0 Å². The second-order valence-electron chi connectivity index (χ2n) is 15.5. The minimum Gasteiger partial charge on any atom is -0.466 e. The fraction of sp³-hybridized carbons (Fsp3) is 0.377. The van der Waals surface area contributed by atoms with Crippen LogP contribution < -0.4 is 0 Å². The first-order chi connectivity index (χ1) is 30.8. The maximum absolute atomic E-state index is 12.4. The maximum atomic E-state index is 12.4. The van der Waals surface area contributed by atoms with Crippen LogP contribution in [-0.4, -0.2) is 78.7 Å². The fourth-order valence-electron chi connectivity index (χ4n) is 8.05. The van der Waals surface area contributed by atoms with Gasteiger partial charge < -0.3 is 42.6 Å². The summed E-state index contributed by atoms with van der Waals surface area (Å²) >= 11 is 0. The van der Waals surface area contributed by atoms with E-state index in [1.807, 2.05) is 122 Å². The Kier molecular flexibility index (Phi) is 20.7. The van der Waals surface area contributed by atoms with Crippen LogP contribution in [0, 0.1) is 17.8 Å². The Morgan fingerprint density at radius 1 is 0.540 bits per heavy atom. The van der Waals surface area contributed by atoms with Gasteiger partial charge in [-0.25, -0.2) is 4.79 Å². The number of esters is 1. The molecule has 5 aromatic carbocycles. The highest BCUT2D eigenvalue weighted by atomic mass is 16.7. The van der Waals surface area contributed by atoms with Crippen molar-refractivity contribution in [3.05, 3.63) is 192 Å². The first kappa shape index (κ1) is 49.0. The summed E-state index contributed by atoms with van der Waals surface area (Å²) in [4.78, 5) is 12.4. The number of carbonyl (C=O) groups is 1. The second-order valence-corrected chi connectivity index (χ2v) is 15.5. The van der Waals surface area contributed by atoms with Crippen LogP contribution in [0.15, 0.2) is 164 Å². The Hall–Kier alpha value is -5.01. The average molecular weight is 861 g/mol. The van der Waals surface area contributed by atoms with Crippen molar-refractivity contribution in [2.45, 2.75) is 64.0 Å². The molecule has 63 heavy (non-hydrogen) atoms. The van der Waals surface area contributed by atoms with Gasteiger partial charge in [0.25, 0.3) is 0 Å². The lowest BCUT2D eigenvalue weighted by molar-refractivity contribution is -0.195. The Morgan fingerprint density at radius 2 is 0.968 bits per heavy atom. The lowest BCUT2D eigenvalue weighted by atomic mass is 9.79. The molecule has 10 nitrogen and oxygen atoms in total. The Bertz CT molecular complexity index is 1900. The van der Waals surface area contributed by atoms with Gasteiger partial charge in [-0.15, -0.1) is 0 Å².